The lowest BCUT2D eigenvalue weighted by Crippen LogP contribution is -2.34. The zero-order valence-electron chi connectivity index (χ0n) is 16.1. The monoisotopic (exact) mass is 370 g/mol. The second-order valence-corrected chi connectivity index (χ2v) is 6.78. The molecule has 0 unspecified atom stereocenters. The number of hydrogen-bond donors (Lipinski definition) is 0. The zero-order valence-corrected chi connectivity index (χ0v) is 16.1. The van der Waals surface area contributed by atoms with E-state index in [9.17, 15) is 0 Å². The summed E-state index contributed by atoms with van der Waals surface area (Å²) < 4.78 is 17.4. The van der Waals surface area contributed by atoms with Gasteiger partial charge >= 0.3 is 0 Å². The molecule has 1 saturated heterocycles. The van der Waals surface area contributed by atoms with E-state index in [1.807, 2.05) is 24.3 Å². The Morgan fingerprint density at radius 2 is 1.04 bits per heavy atom. The van der Waals surface area contributed by atoms with E-state index in [1.165, 1.54) is 11.1 Å². The third-order valence-corrected chi connectivity index (χ3v) is 4.69. The first-order valence-electron chi connectivity index (χ1n) is 9.82. The number of allylic oxidation sites excluding steroid dienone is 2. The SMILES string of the molecule is C1=CC=CC=1CN1CCOCCOCCN(CC2=C=CC=C2)CCOCC1. The van der Waals surface area contributed by atoms with Crippen LogP contribution < -0.4 is 0 Å². The Hall–Kier alpha value is -1.68. The van der Waals surface area contributed by atoms with Crippen LogP contribution in [0.5, 0.6) is 0 Å². The summed E-state index contributed by atoms with van der Waals surface area (Å²) >= 11 is 0. The van der Waals surface area contributed by atoms with Crippen LogP contribution in [0.25, 0.3) is 0 Å². The van der Waals surface area contributed by atoms with Gasteiger partial charge in [0.15, 0.2) is 0 Å². The predicted octanol–water partition coefficient (Wildman–Crippen LogP) is 1.96. The summed E-state index contributed by atoms with van der Waals surface area (Å²) in [6.07, 6.45) is 12.2. The van der Waals surface area contributed by atoms with Crippen molar-refractivity contribution < 1.29 is 14.2 Å². The van der Waals surface area contributed by atoms with Gasteiger partial charge in [-0.05, 0) is 24.3 Å². The molecule has 0 atom stereocenters. The Labute approximate surface area is 162 Å². The molecule has 0 aromatic carbocycles. The minimum absolute atomic E-state index is 0.642. The van der Waals surface area contributed by atoms with Crippen LogP contribution in [-0.2, 0) is 14.2 Å². The van der Waals surface area contributed by atoms with E-state index in [-0.39, 0.29) is 0 Å². The first-order chi connectivity index (χ1) is 13.4. The van der Waals surface area contributed by atoms with Gasteiger partial charge in [-0.25, -0.2) is 0 Å². The highest BCUT2D eigenvalue weighted by Gasteiger charge is 2.10. The average molecular weight is 370 g/mol. The Kier molecular flexibility index (Phi) is 8.85. The summed E-state index contributed by atoms with van der Waals surface area (Å²) in [5.74, 6) is 0. The fraction of sp³-hybridized carbons (Fsp3) is 0.545. The highest BCUT2D eigenvalue weighted by molar-refractivity contribution is 5.30. The van der Waals surface area contributed by atoms with Crippen molar-refractivity contribution in [1.29, 1.82) is 0 Å². The second kappa shape index (κ2) is 11.9. The molecule has 0 aromatic rings. The molecule has 0 saturated carbocycles. The Morgan fingerprint density at radius 3 is 1.41 bits per heavy atom. The van der Waals surface area contributed by atoms with Crippen LogP contribution in [0.3, 0.4) is 0 Å². The highest BCUT2D eigenvalue weighted by atomic mass is 16.5. The van der Waals surface area contributed by atoms with Gasteiger partial charge in [0.2, 0.25) is 0 Å². The van der Waals surface area contributed by atoms with Crippen molar-refractivity contribution in [3.63, 3.8) is 0 Å². The largest absolute Gasteiger partial charge is 0.379 e. The van der Waals surface area contributed by atoms with Gasteiger partial charge in [-0.1, -0.05) is 12.2 Å². The quantitative estimate of drug-likeness (QED) is 0.707. The summed E-state index contributed by atoms with van der Waals surface area (Å²) in [5.41, 5.74) is 8.97. The fourth-order valence-corrected chi connectivity index (χ4v) is 3.15. The van der Waals surface area contributed by atoms with Crippen LogP contribution in [0.15, 0.2) is 59.1 Å². The predicted molar refractivity (Wildman–Crippen MR) is 107 cm³/mol. The van der Waals surface area contributed by atoms with Crippen LogP contribution in [0.4, 0.5) is 0 Å². The van der Waals surface area contributed by atoms with E-state index in [4.69, 9.17) is 14.2 Å². The summed E-state index contributed by atoms with van der Waals surface area (Å²) in [5, 5.41) is 0. The molecule has 0 aromatic heterocycles. The number of hydrogen-bond acceptors (Lipinski definition) is 5. The molecule has 0 spiro atoms. The lowest BCUT2D eigenvalue weighted by atomic mass is 10.2. The molecule has 3 rings (SSSR count). The number of ether oxygens (including phenoxy) is 3. The highest BCUT2D eigenvalue weighted by Crippen LogP contribution is 2.07. The van der Waals surface area contributed by atoms with Crippen molar-refractivity contribution in [2.45, 2.75) is 0 Å². The topological polar surface area (TPSA) is 34.2 Å². The molecular formula is C22H30N2O3. The van der Waals surface area contributed by atoms with E-state index < -0.39 is 0 Å². The first-order valence-corrected chi connectivity index (χ1v) is 9.82. The molecule has 0 bridgehead atoms. The van der Waals surface area contributed by atoms with E-state index in [0.717, 1.165) is 52.5 Å². The van der Waals surface area contributed by atoms with Crippen LogP contribution in [0.1, 0.15) is 0 Å². The minimum Gasteiger partial charge on any atom is -0.379 e. The maximum atomic E-state index is 5.92. The van der Waals surface area contributed by atoms with Gasteiger partial charge < -0.3 is 14.2 Å². The van der Waals surface area contributed by atoms with Crippen LogP contribution >= 0.6 is 0 Å². The van der Waals surface area contributed by atoms with Crippen molar-refractivity contribution in [3.8, 4) is 0 Å². The van der Waals surface area contributed by atoms with Gasteiger partial charge in [0.25, 0.3) is 0 Å². The van der Waals surface area contributed by atoms with Crippen LogP contribution in [0, 0.1) is 0 Å². The van der Waals surface area contributed by atoms with Gasteiger partial charge in [-0.2, -0.15) is 0 Å². The van der Waals surface area contributed by atoms with E-state index in [1.54, 1.807) is 0 Å². The first kappa shape index (κ1) is 20.1. The molecular weight excluding hydrogens is 340 g/mol. The third-order valence-electron chi connectivity index (χ3n) is 4.69. The fourth-order valence-electron chi connectivity index (χ4n) is 3.15. The zero-order chi connectivity index (χ0) is 18.6. The standard InChI is InChI=1S/C22H30N2O3/c1-2-6-21(5-1)19-23-9-13-25-14-10-24(20-22-7-3-4-8-22)12-16-27-18-17-26-15-11-23/h1-5,7H,9-20H2. The lowest BCUT2D eigenvalue weighted by molar-refractivity contribution is 0.0338. The lowest BCUT2D eigenvalue weighted by Gasteiger charge is -2.23. The second-order valence-electron chi connectivity index (χ2n) is 6.78. The molecule has 2 aliphatic carbocycles. The Bertz CT molecular complexity index is 596. The van der Waals surface area contributed by atoms with Gasteiger partial charge in [0, 0.05) is 50.4 Å². The summed E-state index contributed by atoms with van der Waals surface area (Å²) in [7, 11) is 0. The maximum absolute atomic E-state index is 5.92. The van der Waals surface area contributed by atoms with Gasteiger partial charge in [0.05, 0.1) is 39.6 Å². The number of rotatable bonds is 4. The van der Waals surface area contributed by atoms with Crippen molar-refractivity contribution in [2.24, 2.45) is 0 Å². The minimum atomic E-state index is 0.642. The Balaban J connectivity index is 1.47. The number of nitrogens with zero attached hydrogens (tertiary/aromatic N) is 2. The molecule has 0 N–H and O–H groups in total. The maximum Gasteiger partial charge on any atom is 0.0701 e. The molecule has 1 heterocycles. The summed E-state index contributed by atoms with van der Waals surface area (Å²) in [6.45, 7) is 9.51. The summed E-state index contributed by atoms with van der Waals surface area (Å²) in [4.78, 5) is 4.73. The summed E-state index contributed by atoms with van der Waals surface area (Å²) in [6, 6.07) is 0. The van der Waals surface area contributed by atoms with Crippen molar-refractivity contribution in [1.82, 2.24) is 9.80 Å². The van der Waals surface area contributed by atoms with Crippen LogP contribution in [-0.4, -0.2) is 88.7 Å². The molecule has 0 amide bonds. The molecule has 1 aliphatic heterocycles. The Morgan fingerprint density at radius 1 is 0.630 bits per heavy atom. The van der Waals surface area contributed by atoms with Gasteiger partial charge in [0.1, 0.15) is 0 Å². The third kappa shape index (κ3) is 7.84. The van der Waals surface area contributed by atoms with Crippen molar-refractivity contribution in [3.05, 3.63) is 59.1 Å². The smallest absolute Gasteiger partial charge is 0.0701 e. The van der Waals surface area contributed by atoms with E-state index >= 15 is 0 Å². The molecule has 0 radical (unpaired) electrons. The van der Waals surface area contributed by atoms with E-state index in [2.05, 4.69) is 33.4 Å². The molecule has 1 fully saturated rings. The molecule has 27 heavy (non-hydrogen) atoms. The average Bonchev–Trinajstić information content (AvgIpc) is 3.36. The van der Waals surface area contributed by atoms with Crippen LogP contribution in [0.2, 0.25) is 0 Å². The molecule has 5 nitrogen and oxygen atoms in total. The van der Waals surface area contributed by atoms with Gasteiger partial charge in [-0.3, -0.25) is 9.80 Å². The molecule has 3 aliphatic rings. The molecule has 146 valence electrons. The van der Waals surface area contributed by atoms with Gasteiger partial charge in [-0.15, -0.1) is 11.5 Å². The molecule has 5 heteroatoms. The normalized spacial score (nSPS) is 23.3. The van der Waals surface area contributed by atoms with Crippen molar-refractivity contribution in [2.75, 3.05) is 78.9 Å². The van der Waals surface area contributed by atoms with E-state index in [0.29, 0.717) is 26.4 Å². The van der Waals surface area contributed by atoms with Crippen molar-refractivity contribution >= 4 is 0 Å².